The molecular formula is C5H5N4. The maximum atomic E-state index is 3.89. The summed E-state index contributed by atoms with van der Waals surface area (Å²) in [5.41, 5.74) is 2.77. The van der Waals surface area contributed by atoms with E-state index in [4.69, 9.17) is 0 Å². The minimum Gasteiger partial charge on any atom is -0.288 e. The third-order valence-electron chi connectivity index (χ3n) is 1.15. The van der Waals surface area contributed by atoms with Crippen molar-refractivity contribution < 1.29 is 0 Å². The molecule has 0 amide bonds. The Morgan fingerprint density at radius 1 is 1.56 bits per heavy atom. The molecule has 2 aliphatic rings. The van der Waals surface area contributed by atoms with Crippen LogP contribution in [0.1, 0.15) is 0 Å². The number of rotatable bonds is 0. The summed E-state index contributed by atoms with van der Waals surface area (Å²) in [7, 11) is 0. The minimum absolute atomic E-state index is 0.900. The van der Waals surface area contributed by atoms with Gasteiger partial charge in [0.25, 0.3) is 0 Å². The molecule has 9 heavy (non-hydrogen) atoms. The number of fused-ring (bicyclic) bond motifs is 1. The van der Waals surface area contributed by atoms with Crippen molar-refractivity contribution >= 4 is 6.34 Å². The van der Waals surface area contributed by atoms with E-state index in [1.165, 1.54) is 0 Å². The van der Waals surface area contributed by atoms with Gasteiger partial charge in [-0.3, -0.25) is 15.6 Å². The number of nitrogens with zero attached hydrogens (tertiary/aromatic N) is 3. The minimum atomic E-state index is 0.900. The van der Waals surface area contributed by atoms with Crippen LogP contribution in [0.3, 0.4) is 0 Å². The van der Waals surface area contributed by atoms with Crippen LogP contribution < -0.4 is 10.7 Å². The van der Waals surface area contributed by atoms with Gasteiger partial charge in [-0.05, 0) is 0 Å². The standard InChI is InChI=1S/C5H5N4/c1-2-9-4-7-8-5(9)3-6-1/h1-4,8H. The molecule has 0 unspecified atom stereocenters. The molecular weight excluding hydrogens is 116 g/mol. The van der Waals surface area contributed by atoms with E-state index in [1.54, 1.807) is 18.7 Å². The molecule has 0 spiro atoms. The quantitative estimate of drug-likeness (QED) is 0.479. The fourth-order valence-electron chi connectivity index (χ4n) is 0.715. The van der Waals surface area contributed by atoms with Crippen molar-refractivity contribution in [1.82, 2.24) is 15.6 Å². The summed E-state index contributed by atoms with van der Waals surface area (Å²) in [6, 6.07) is 0. The molecule has 4 nitrogen and oxygen atoms in total. The number of nitrogens with one attached hydrogen (secondary N) is 1. The summed E-state index contributed by atoms with van der Waals surface area (Å²) in [4.78, 5) is 1.85. The Morgan fingerprint density at radius 3 is 3.44 bits per heavy atom. The largest absolute Gasteiger partial charge is 0.288 e. The van der Waals surface area contributed by atoms with Gasteiger partial charge < -0.3 is 0 Å². The van der Waals surface area contributed by atoms with E-state index >= 15 is 0 Å². The zero-order valence-electron chi connectivity index (χ0n) is 4.65. The highest BCUT2D eigenvalue weighted by atomic mass is 15.5. The first kappa shape index (κ1) is 4.43. The lowest BCUT2D eigenvalue weighted by Gasteiger charge is -2.12. The molecule has 4 heteroatoms. The summed E-state index contributed by atoms with van der Waals surface area (Å²) >= 11 is 0. The molecule has 2 heterocycles. The normalized spacial score (nSPS) is 20.4. The molecule has 0 aliphatic carbocycles. The Balaban J connectivity index is 2.29. The Labute approximate surface area is 52.5 Å². The lowest BCUT2D eigenvalue weighted by Crippen LogP contribution is -2.19. The van der Waals surface area contributed by atoms with Crippen LogP contribution in [0.2, 0.25) is 0 Å². The Kier molecular flexibility index (Phi) is 0.745. The summed E-state index contributed by atoms with van der Waals surface area (Å²) in [6.07, 6.45) is 6.95. The number of hydrogen-bond donors (Lipinski definition) is 1. The molecule has 0 bridgehead atoms. The van der Waals surface area contributed by atoms with Crippen molar-refractivity contribution in [3.63, 3.8) is 0 Å². The molecule has 0 aromatic rings. The molecule has 0 atom stereocenters. The first-order valence-electron chi connectivity index (χ1n) is 2.61. The molecule has 0 aromatic heterocycles. The van der Waals surface area contributed by atoms with Crippen LogP contribution in [-0.2, 0) is 0 Å². The van der Waals surface area contributed by atoms with Crippen molar-refractivity contribution in [2.75, 3.05) is 0 Å². The highest BCUT2D eigenvalue weighted by Gasteiger charge is 2.10. The van der Waals surface area contributed by atoms with Crippen molar-refractivity contribution in [3.05, 3.63) is 24.4 Å². The molecule has 0 fully saturated rings. The first-order valence-corrected chi connectivity index (χ1v) is 2.61. The fourth-order valence-corrected chi connectivity index (χ4v) is 0.715. The van der Waals surface area contributed by atoms with Gasteiger partial charge in [0.15, 0.2) is 5.82 Å². The van der Waals surface area contributed by atoms with Crippen LogP contribution in [0.15, 0.2) is 29.5 Å². The molecule has 1 N–H and O–H groups in total. The Bertz CT molecular complexity index is 203. The molecule has 0 saturated heterocycles. The predicted molar refractivity (Wildman–Crippen MR) is 32.8 cm³/mol. The number of hydrazone groups is 1. The lowest BCUT2D eigenvalue weighted by atomic mass is 10.6. The average molecular weight is 121 g/mol. The van der Waals surface area contributed by atoms with Gasteiger partial charge in [0.05, 0.1) is 6.20 Å². The predicted octanol–water partition coefficient (Wildman–Crippen LogP) is -0.277. The van der Waals surface area contributed by atoms with Crippen molar-refractivity contribution in [2.24, 2.45) is 5.10 Å². The molecule has 45 valence electrons. The van der Waals surface area contributed by atoms with E-state index in [1.807, 2.05) is 11.1 Å². The second-order valence-corrected chi connectivity index (χ2v) is 1.73. The van der Waals surface area contributed by atoms with Crippen LogP contribution >= 0.6 is 0 Å². The third kappa shape index (κ3) is 0.561. The SMILES string of the molecule is C1=CN2C=NNC2=C[N]1. The van der Waals surface area contributed by atoms with Crippen LogP contribution in [-0.4, -0.2) is 11.2 Å². The van der Waals surface area contributed by atoms with Crippen molar-refractivity contribution in [2.45, 2.75) is 0 Å². The van der Waals surface area contributed by atoms with Crippen molar-refractivity contribution in [1.29, 1.82) is 0 Å². The maximum Gasteiger partial charge on any atom is 0.150 e. The molecule has 2 aliphatic heterocycles. The second-order valence-electron chi connectivity index (χ2n) is 1.73. The molecule has 1 radical (unpaired) electrons. The van der Waals surface area contributed by atoms with Gasteiger partial charge >= 0.3 is 0 Å². The van der Waals surface area contributed by atoms with Gasteiger partial charge in [0.1, 0.15) is 6.34 Å². The van der Waals surface area contributed by atoms with E-state index < -0.39 is 0 Å². The second kappa shape index (κ2) is 1.51. The van der Waals surface area contributed by atoms with E-state index in [2.05, 4.69) is 15.8 Å². The van der Waals surface area contributed by atoms with Crippen LogP contribution in [0.4, 0.5) is 0 Å². The van der Waals surface area contributed by atoms with Gasteiger partial charge in [-0.15, -0.1) is 0 Å². The average Bonchev–Trinajstić information content (AvgIpc) is 2.33. The Morgan fingerprint density at radius 2 is 2.56 bits per heavy atom. The van der Waals surface area contributed by atoms with Gasteiger partial charge in [0.2, 0.25) is 0 Å². The number of hydrogen-bond acceptors (Lipinski definition) is 3. The Hall–Kier alpha value is -1.45. The van der Waals surface area contributed by atoms with E-state index in [0.29, 0.717) is 0 Å². The fraction of sp³-hybridized carbons (Fsp3) is 0. The summed E-state index contributed by atoms with van der Waals surface area (Å²) in [5, 5.41) is 7.69. The third-order valence-corrected chi connectivity index (χ3v) is 1.15. The van der Waals surface area contributed by atoms with Gasteiger partial charge in [-0.25, -0.2) is 0 Å². The van der Waals surface area contributed by atoms with Gasteiger partial charge in [0, 0.05) is 12.4 Å². The van der Waals surface area contributed by atoms with Gasteiger partial charge in [-0.2, -0.15) is 5.10 Å². The molecule has 2 rings (SSSR count). The van der Waals surface area contributed by atoms with Gasteiger partial charge in [-0.1, -0.05) is 0 Å². The van der Waals surface area contributed by atoms with Crippen LogP contribution in [0.25, 0.3) is 0 Å². The van der Waals surface area contributed by atoms with E-state index in [9.17, 15) is 0 Å². The monoisotopic (exact) mass is 121 g/mol. The zero-order chi connectivity index (χ0) is 6.10. The molecule has 0 saturated carbocycles. The first-order chi connectivity index (χ1) is 4.47. The summed E-state index contributed by atoms with van der Waals surface area (Å²) in [5.74, 6) is 0.900. The highest BCUT2D eigenvalue weighted by molar-refractivity contribution is 5.62. The maximum absolute atomic E-state index is 3.89. The molecule has 0 aromatic carbocycles. The zero-order valence-corrected chi connectivity index (χ0v) is 4.65. The summed E-state index contributed by atoms with van der Waals surface area (Å²) in [6.45, 7) is 0. The van der Waals surface area contributed by atoms with E-state index in [0.717, 1.165) is 5.82 Å². The smallest absolute Gasteiger partial charge is 0.150 e. The lowest BCUT2D eigenvalue weighted by molar-refractivity contribution is 0.646. The van der Waals surface area contributed by atoms with Crippen LogP contribution in [0.5, 0.6) is 0 Å². The summed E-state index contributed by atoms with van der Waals surface area (Å²) < 4.78 is 0. The van der Waals surface area contributed by atoms with Crippen LogP contribution in [0, 0.1) is 0 Å². The highest BCUT2D eigenvalue weighted by Crippen LogP contribution is 2.06. The van der Waals surface area contributed by atoms with Crippen molar-refractivity contribution in [3.8, 4) is 0 Å². The van der Waals surface area contributed by atoms with E-state index in [-0.39, 0.29) is 0 Å². The topological polar surface area (TPSA) is 41.7 Å².